The Morgan fingerprint density at radius 2 is 1.83 bits per heavy atom. The molecule has 3 rings (SSSR count). The molecule has 0 aliphatic heterocycles. The van der Waals surface area contributed by atoms with E-state index in [1.54, 1.807) is 18.2 Å². The van der Waals surface area contributed by atoms with Crippen molar-refractivity contribution in [1.29, 1.82) is 0 Å². The van der Waals surface area contributed by atoms with Gasteiger partial charge in [0.25, 0.3) is 5.69 Å². The molecule has 0 fully saturated rings. The predicted octanol–water partition coefficient (Wildman–Crippen LogP) is 4.17. The minimum absolute atomic E-state index is 0.00855. The second kappa shape index (κ2) is 8.92. The number of carbonyl (C=O) groups is 1. The molecule has 1 N–H and O–H groups in total. The quantitative estimate of drug-likeness (QED) is 0.367. The molecule has 2 aromatic carbocycles. The van der Waals surface area contributed by atoms with Gasteiger partial charge in [-0.25, -0.2) is 0 Å². The highest BCUT2D eigenvalue weighted by atomic mass is 16.6. The summed E-state index contributed by atoms with van der Waals surface area (Å²) in [7, 11) is 0. The largest absolute Gasteiger partial charge is 0.340 e. The minimum atomic E-state index is -0.473. The van der Waals surface area contributed by atoms with Crippen LogP contribution in [-0.2, 0) is 4.79 Å². The van der Waals surface area contributed by atoms with E-state index in [0.29, 0.717) is 11.4 Å². The Kier molecular flexibility index (Phi) is 6.13. The summed E-state index contributed by atoms with van der Waals surface area (Å²) >= 11 is 0. The summed E-state index contributed by atoms with van der Waals surface area (Å²) in [4.78, 5) is 27.0. The summed E-state index contributed by atoms with van der Waals surface area (Å²) in [5.74, 6) is 0.307. The van der Waals surface area contributed by atoms with Gasteiger partial charge in [0.2, 0.25) is 17.6 Å². The third-order valence-electron chi connectivity index (χ3n) is 4.24. The monoisotopic (exact) mass is 392 g/mol. The summed E-state index contributed by atoms with van der Waals surface area (Å²) in [6, 6.07) is 14.9. The Hall–Kier alpha value is -3.81. The van der Waals surface area contributed by atoms with Crippen LogP contribution in [0.15, 0.2) is 65.2 Å². The molecule has 0 saturated carbocycles. The lowest BCUT2D eigenvalue weighted by Gasteiger charge is -2.17. The molecule has 0 aliphatic rings. The number of nitro groups is 1. The molecule has 1 aromatic heterocycles. The molecule has 0 aliphatic carbocycles. The number of amides is 1. The van der Waals surface area contributed by atoms with E-state index in [-0.39, 0.29) is 23.4 Å². The summed E-state index contributed by atoms with van der Waals surface area (Å²) < 4.78 is 5.35. The number of benzene rings is 2. The van der Waals surface area contributed by atoms with Gasteiger partial charge >= 0.3 is 0 Å². The van der Waals surface area contributed by atoms with Crippen molar-refractivity contribution in [3.8, 4) is 11.4 Å². The van der Waals surface area contributed by atoms with Gasteiger partial charge < -0.3 is 9.84 Å². The van der Waals surface area contributed by atoms with Gasteiger partial charge in [-0.15, -0.1) is 0 Å². The van der Waals surface area contributed by atoms with Gasteiger partial charge in [-0.05, 0) is 29.7 Å². The van der Waals surface area contributed by atoms with Crippen LogP contribution in [0.2, 0.25) is 0 Å². The maximum absolute atomic E-state index is 12.3. The van der Waals surface area contributed by atoms with Crippen LogP contribution in [0.1, 0.15) is 31.3 Å². The van der Waals surface area contributed by atoms with E-state index in [1.165, 1.54) is 18.2 Å². The van der Waals surface area contributed by atoms with Crippen LogP contribution < -0.4 is 5.32 Å². The summed E-state index contributed by atoms with van der Waals surface area (Å²) in [5, 5.41) is 17.6. The van der Waals surface area contributed by atoms with Gasteiger partial charge in [0.05, 0.1) is 4.92 Å². The third-order valence-corrected chi connectivity index (χ3v) is 4.24. The second-order valence-corrected chi connectivity index (χ2v) is 6.73. The van der Waals surface area contributed by atoms with Crippen molar-refractivity contribution in [2.45, 2.75) is 19.9 Å². The Labute approximate surface area is 167 Å². The Morgan fingerprint density at radius 3 is 2.45 bits per heavy atom. The standard InChI is InChI=1S/C21H20N4O4/c1-14(2)19(22-18(26)13-8-15-6-4-3-5-7-15)21-23-20(24-29-21)16-9-11-17(12-10-16)25(27)28/h3-14,19H,1-2H3,(H,22,26). The number of non-ortho nitro benzene ring substituents is 1. The Morgan fingerprint density at radius 1 is 1.14 bits per heavy atom. The molecule has 29 heavy (non-hydrogen) atoms. The molecular weight excluding hydrogens is 372 g/mol. The van der Waals surface area contributed by atoms with E-state index in [9.17, 15) is 14.9 Å². The molecule has 0 saturated heterocycles. The zero-order chi connectivity index (χ0) is 20.8. The molecule has 148 valence electrons. The number of nitrogens with one attached hydrogen (secondary N) is 1. The van der Waals surface area contributed by atoms with Crippen LogP contribution in [0.4, 0.5) is 5.69 Å². The van der Waals surface area contributed by atoms with E-state index < -0.39 is 11.0 Å². The van der Waals surface area contributed by atoms with Gasteiger partial charge in [0.15, 0.2) is 0 Å². The Bertz CT molecular complexity index is 1010. The summed E-state index contributed by atoms with van der Waals surface area (Å²) in [6.45, 7) is 3.86. The number of carbonyl (C=O) groups excluding carboxylic acids is 1. The number of aromatic nitrogens is 2. The maximum Gasteiger partial charge on any atom is 0.269 e. The van der Waals surface area contributed by atoms with Crippen molar-refractivity contribution in [1.82, 2.24) is 15.5 Å². The van der Waals surface area contributed by atoms with E-state index in [0.717, 1.165) is 5.56 Å². The molecule has 8 nitrogen and oxygen atoms in total. The summed E-state index contributed by atoms with van der Waals surface area (Å²) in [6.07, 6.45) is 3.18. The van der Waals surface area contributed by atoms with Crippen LogP contribution in [-0.4, -0.2) is 21.0 Å². The number of hydrogen-bond donors (Lipinski definition) is 1. The van der Waals surface area contributed by atoms with Crippen LogP contribution in [0, 0.1) is 16.0 Å². The number of rotatable bonds is 7. The fraction of sp³-hybridized carbons (Fsp3) is 0.190. The minimum Gasteiger partial charge on any atom is -0.340 e. The van der Waals surface area contributed by atoms with E-state index in [1.807, 2.05) is 44.2 Å². The first kappa shape index (κ1) is 19.9. The zero-order valence-electron chi connectivity index (χ0n) is 16.0. The lowest BCUT2D eigenvalue weighted by Crippen LogP contribution is -2.30. The first-order valence-electron chi connectivity index (χ1n) is 9.06. The van der Waals surface area contributed by atoms with Gasteiger partial charge in [0.1, 0.15) is 6.04 Å². The number of hydrogen-bond acceptors (Lipinski definition) is 6. The highest BCUT2D eigenvalue weighted by Gasteiger charge is 2.24. The molecule has 1 unspecified atom stereocenters. The molecule has 0 spiro atoms. The van der Waals surface area contributed by atoms with Crippen LogP contribution in [0.5, 0.6) is 0 Å². The SMILES string of the molecule is CC(C)C(NC(=O)C=Cc1ccccc1)c1nc(-c2ccc([N+](=O)[O-])cc2)no1. The number of nitro benzene ring substituents is 1. The Balaban J connectivity index is 1.73. The molecule has 3 aromatic rings. The zero-order valence-corrected chi connectivity index (χ0v) is 16.0. The van der Waals surface area contributed by atoms with Crippen molar-refractivity contribution in [2.75, 3.05) is 0 Å². The molecule has 1 amide bonds. The highest BCUT2D eigenvalue weighted by molar-refractivity contribution is 5.91. The first-order chi connectivity index (χ1) is 13.9. The highest BCUT2D eigenvalue weighted by Crippen LogP contribution is 2.25. The van der Waals surface area contributed by atoms with Crippen molar-refractivity contribution >= 4 is 17.7 Å². The summed E-state index contributed by atoms with van der Waals surface area (Å²) in [5.41, 5.74) is 1.49. The molecule has 1 atom stereocenters. The lowest BCUT2D eigenvalue weighted by molar-refractivity contribution is -0.384. The van der Waals surface area contributed by atoms with Crippen LogP contribution in [0.25, 0.3) is 17.5 Å². The third kappa shape index (κ3) is 5.13. The predicted molar refractivity (Wildman–Crippen MR) is 108 cm³/mol. The van der Waals surface area contributed by atoms with Crippen molar-refractivity contribution in [3.05, 3.63) is 82.2 Å². The smallest absolute Gasteiger partial charge is 0.269 e. The fourth-order valence-electron chi connectivity index (χ4n) is 2.66. The molecular formula is C21H20N4O4. The maximum atomic E-state index is 12.3. The van der Waals surface area contributed by atoms with Crippen LogP contribution >= 0.6 is 0 Å². The van der Waals surface area contributed by atoms with Crippen molar-refractivity contribution in [2.24, 2.45) is 5.92 Å². The fourth-order valence-corrected chi connectivity index (χ4v) is 2.66. The topological polar surface area (TPSA) is 111 Å². The van der Waals surface area contributed by atoms with Gasteiger partial charge in [0, 0.05) is 23.8 Å². The van der Waals surface area contributed by atoms with Crippen molar-refractivity contribution in [3.63, 3.8) is 0 Å². The molecule has 1 heterocycles. The van der Waals surface area contributed by atoms with Gasteiger partial charge in [-0.1, -0.05) is 49.3 Å². The van der Waals surface area contributed by atoms with E-state index in [4.69, 9.17) is 4.52 Å². The average molecular weight is 392 g/mol. The molecule has 0 radical (unpaired) electrons. The number of nitrogens with zero attached hydrogens (tertiary/aromatic N) is 3. The van der Waals surface area contributed by atoms with Gasteiger partial charge in [-0.2, -0.15) is 4.98 Å². The van der Waals surface area contributed by atoms with E-state index >= 15 is 0 Å². The molecule has 0 bridgehead atoms. The normalized spacial score (nSPS) is 12.2. The van der Waals surface area contributed by atoms with Crippen LogP contribution in [0.3, 0.4) is 0 Å². The first-order valence-corrected chi connectivity index (χ1v) is 9.06. The molecule has 8 heteroatoms. The average Bonchev–Trinajstić information content (AvgIpc) is 3.21. The second-order valence-electron chi connectivity index (χ2n) is 6.73. The van der Waals surface area contributed by atoms with E-state index in [2.05, 4.69) is 15.5 Å². The van der Waals surface area contributed by atoms with Crippen molar-refractivity contribution < 1.29 is 14.2 Å². The lowest BCUT2D eigenvalue weighted by atomic mass is 10.0. The van der Waals surface area contributed by atoms with Gasteiger partial charge in [-0.3, -0.25) is 14.9 Å².